The fourth-order valence-electron chi connectivity index (χ4n) is 2.48. The number of rotatable bonds is 3. The molecule has 2 rings (SSSR count). The zero-order chi connectivity index (χ0) is 11.4. The number of benzene rings is 1. The number of nitrogens with one attached hydrogen (secondary N) is 1. The molecule has 0 atom stereocenters. The van der Waals surface area contributed by atoms with Crippen molar-refractivity contribution in [2.24, 2.45) is 0 Å². The van der Waals surface area contributed by atoms with Crippen LogP contribution in [0.25, 0.3) is 0 Å². The molecule has 0 spiro atoms. The zero-order valence-electron chi connectivity index (χ0n) is 10.3. The van der Waals surface area contributed by atoms with Gasteiger partial charge in [-0.2, -0.15) is 0 Å². The minimum absolute atomic E-state index is 0.734. The summed E-state index contributed by atoms with van der Waals surface area (Å²) in [5.74, 6) is 1.76. The molecule has 0 aromatic heterocycles. The third-order valence-corrected chi connectivity index (χ3v) is 3.50. The fourth-order valence-corrected chi connectivity index (χ4v) is 2.48. The van der Waals surface area contributed by atoms with Gasteiger partial charge in [0, 0.05) is 0 Å². The molecule has 88 valence electrons. The third-order valence-electron chi connectivity index (χ3n) is 3.50. The zero-order valence-corrected chi connectivity index (χ0v) is 10.3. The van der Waals surface area contributed by atoms with Crippen LogP contribution in [0.5, 0.6) is 5.75 Å². The highest BCUT2D eigenvalue weighted by atomic mass is 16.5. The number of hydrogen-bond acceptors (Lipinski definition) is 2. The Bertz CT molecular complexity index is 343. The molecule has 0 aliphatic carbocycles. The quantitative estimate of drug-likeness (QED) is 0.844. The van der Waals surface area contributed by atoms with Gasteiger partial charge in [-0.25, -0.2) is 0 Å². The van der Waals surface area contributed by atoms with Crippen LogP contribution in [0.3, 0.4) is 0 Å². The molecule has 2 heteroatoms. The van der Waals surface area contributed by atoms with Gasteiger partial charge in [-0.1, -0.05) is 19.1 Å². The number of methoxy groups -OCH3 is 1. The van der Waals surface area contributed by atoms with Crippen LogP contribution in [-0.2, 0) is 6.42 Å². The monoisotopic (exact) mass is 219 g/mol. The molecule has 1 aromatic carbocycles. The largest absolute Gasteiger partial charge is 0.496 e. The molecular formula is C14H21NO. The van der Waals surface area contributed by atoms with Gasteiger partial charge >= 0.3 is 0 Å². The normalized spacial score (nSPS) is 17.4. The minimum atomic E-state index is 0.734. The molecule has 1 aromatic rings. The van der Waals surface area contributed by atoms with E-state index in [1.807, 2.05) is 0 Å². The predicted octanol–water partition coefficient (Wildman–Crippen LogP) is 2.72. The van der Waals surface area contributed by atoms with Crippen LogP contribution in [-0.4, -0.2) is 20.2 Å². The van der Waals surface area contributed by atoms with Gasteiger partial charge in [0.15, 0.2) is 0 Å². The average molecular weight is 219 g/mol. The lowest BCUT2D eigenvalue weighted by molar-refractivity contribution is 0.409. The molecule has 1 saturated heterocycles. The van der Waals surface area contributed by atoms with Crippen LogP contribution in [0.2, 0.25) is 0 Å². The van der Waals surface area contributed by atoms with Crippen LogP contribution >= 0.6 is 0 Å². The lowest BCUT2D eigenvalue weighted by Gasteiger charge is -2.23. The summed E-state index contributed by atoms with van der Waals surface area (Å²) in [5.41, 5.74) is 2.82. The van der Waals surface area contributed by atoms with Crippen LogP contribution in [0.4, 0.5) is 0 Å². The van der Waals surface area contributed by atoms with Crippen LogP contribution < -0.4 is 10.1 Å². The van der Waals surface area contributed by atoms with Gasteiger partial charge in [0.1, 0.15) is 5.75 Å². The summed E-state index contributed by atoms with van der Waals surface area (Å²) >= 11 is 0. The minimum Gasteiger partial charge on any atom is -0.496 e. The number of ether oxygens (including phenoxy) is 1. The van der Waals surface area contributed by atoms with Crippen molar-refractivity contribution in [2.45, 2.75) is 32.1 Å². The summed E-state index contributed by atoms with van der Waals surface area (Å²) in [4.78, 5) is 0. The Morgan fingerprint density at radius 1 is 1.31 bits per heavy atom. The Balaban J connectivity index is 2.20. The molecule has 1 aliphatic rings. The van der Waals surface area contributed by atoms with Crippen LogP contribution in [0.1, 0.15) is 36.8 Å². The molecule has 0 amide bonds. The second-order valence-corrected chi connectivity index (χ2v) is 4.45. The van der Waals surface area contributed by atoms with E-state index in [9.17, 15) is 0 Å². The summed E-state index contributed by atoms with van der Waals surface area (Å²) in [6, 6.07) is 6.68. The Hall–Kier alpha value is -1.02. The summed E-state index contributed by atoms with van der Waals surface area (Å²) < 4.78 is 5.37. The molecule has 0 radical (unpaired) electrons. The van der Waals surface area contributed by atoms with Crippen molar-refractivity contribution < 1.29 is 4.74 Å². The van der Waals surface area contributed by atoms with Crippen LogP contribution in [0.15, 0.2) is 18.2 Å². The van der Waals surface area contributed by atoms with Gasteiger partial charge in [0.05, 0.1) is 7.11 Å². The van der Waals surface area contributed by atoms with E-state index in [4.69, 9.17) is 4.74 Å². The molecule has 0 bridgehead atoms. The maximum atomic E-state index is 5.37. The molecule has 1 N–H and O–H groups in total. The summed E-state index contributed by atoms with van der Waals surface area (Å²) in [5, 5.41) is 3.41. The molecule has 0 unspecified atom stereocenters. The molecular weight excluding hydrogens is 198 g/mol. The van der Waals surface area contributed by atoms with E-state index in [-0.39, 0.29) is 0 Å². The predicted molar refractivity (Wildman–Crippen MR) is 67.2 cm³/mol. The van der Waals surface area contributed by atoms with E-state index >= 15 is 0 Å². The average Bonchev–Trinajstić information content (AvgIpc) is 2.39. The van der Waals surface area contributed by atoms with Gasteiger partial charge in [-0.3, -0.25) is 0 Å². The van der Waals surface area contributed by atoms with Gasteiger partial charge < -0.3 is 10.1 Å². The van der Waals surface area contributed by atoms with Crippen molar-refractivity contribution in [2.75, 3.05) is 20.2 Å². The highest BCUT2D eigenvalue weighted by Crippen LogP contribution is 2.29. The van der Waals surface area contributed by atoms with Crippen molar-refractivity contribution in [3.05, 3.63) is 29.3 Å². The number of piperidine rings is 1. The second kappa shape index (κ2) is 5.35. The van der Waals surface area contributed by atoms with E-state index in [1.165, 1.54) is 24.0 Å². The van der Waals surface area contributed by atoms with Crippen molar-refractivity contribution in [3.63, 3.8) is 0 Å². The molecule has 0 saturated carbocycles. The molecule has 1 heterocycles. The fraction of sp³-hybridized carbons (Fsp3) is 0.571. The Kier molecular flexibility index (Phi) is 3.83. The van der Waals surface area contributed by atoms with E-state index in [1.54, 1.807) is 7.11 Å². The maximum absolute atomic E-state index is 5.37. The Labute approximate surface area is 98.0 Å². The SMILES string of the molecule is CCc1cc(C2CCNCC2)ccc1OC. The summed E-state index contributed by atoms with van der Waals surface area (Å²) in [6.45, 7) is 4.49. The second-order valence-electron chi connectivity index (χ2n) is 4.45. The smallest absolute Gasteiger partial charge is 0.122 e. The first-order valence-corrected chi connectivity index (χ1v) is 6.22. The van der Waals surface area contributed by atoms with E-state index < -0.39 is 0 Å². The number of hydrogen-bond donors (Lipinski definition) is 1. The van der Waals surface area contributed by atoms with E-state index in [0.717, 1.165) is 31.2 Å². The van der Waals surface area contributed by atoms with Crippen molar-refractivity contribution >= 4 is 0 Å². The highest BCUT2D eigenvalue weighted by Gasteiger charge is 2.16. The van der Waals surface area contributed by atoms with Gasteiger partial charge in [0.25, 0.3) is 0 Å². The summed E-state index contributed by atoms with van der Waals surface area (Å²) in [6.07, 6.45) is 3.56. The molecule has 16 heavy (non-hydrogen) atoms. The van der Waals surface area contributed by atoms with E-state index in [2.05, 4.69) is 30.4 Å². The Morgan fingerprint density at radius 2 is 2.06 bits per heavy atom. The highest BCUT2D eigenvalue weighted by molar-refractivity contribution is 5.38. The lowest BCUT2D eigenvalue weighted by atomic mass is 9.89. The molecule has 1 fully saturated rings. The number of aryl methyl sites for hydroxylation is 1. The van der Waals surface area contributed by atoms with Crippen molar-refractivity contribution in [1.29, 1.82) is 0 Å². The molecule has 2 nitrogen and oxygen atoms in total. The Morgan fingerprint density at radius 3 is 2.69 bits per heavy atom. The van der Waals surface area contributed by atoms with Crippen LogP contribution in [0, 0.1) is 0 Å². The van der Waals surface area contributed by atoms with Crippen molar-refractivity contribution in [3.8, 4) is 5.75 Å². The first-order chi connectivity index (χ1) is 7.85. The first-order valence-electron chi connectivity index (χ1n) is 6.22. The van der Waals surface area contributed by atoms with Gasteiger partial charge in [-0.15, -0.1) is 0 Å². The maximum Gasteiger partial charge on any atom is 0.122 e. The van der Waals surface area contributed by atoms with Crippen molar-refractivity contribution in [1.82, 2.24) is 5.32 Å². The van der Waals surface area contributed by atoms with Gasteiger partial charge in [-0.05, 0) is 55.5 Å². The van der Waals surface area contributed by atoms with E-state index in [0.29, 0.717) is 0 Å². The standard InChI is InChI=1S/C14H21NO/c1-3-11-10-13(4-5-14(11)16-2)12-6-8-15-9-7-12/h4-5,10,12,15H,3,6-9H2,1-2H3. The third kappa shape index (κ3) is 2.38. The van der Waals surface area contributed by atoms with Gasteiger partial charge in [0.2, 0.25) is 0 Å². The molecule has 1 aliphatic heterocycles. The summed E-state index contributed by atoms with van der Waals surface area (Å²) in [7, 11) is 1.75. The topological polar surface area (TPSA) is 21.3 Å². The lowest BCUT2D eigenvalue weighted by Crippen LogP contribution is -2.26. The first kappa shape index (κ1) is 11.5.